The normalized spacial score (nSPS) is 8.83. The first-order valence-corrected chi connectivity index (χ1v) is 4.74. The van der Waals surface area contributed by atoms with Gasteiger partial charge in [-0.2, -0.15) is 0 Å². The summed E-state index contributed by atoms with van der Waals surface area (Å²) in [5, 5.41) is 0. The molecule has 0 fully saturated rings. The fourth-order valence-electron chi connectivity index (χ4n) is 0.715. The van der Waals surface area contributed by atoms with Crippen molar-refractivity contribution in [1.82, 2.24) is 0 Å². The average molecular weight is 199 g/mol. The molecule has 0 unspecified atom stereocenters. The summed E-state index contributed by atoms with van der Waals surface area (Å²) in [6.45, 7) is 1.55. The van der Waals surface area contributed by atoms with Gasteiger partial charge < -0.3 is 0 Å². The van der Waals surface area contributed by atoms with Crippen LogP contribution in [0.3, 0.4) is 0 Å². The van der Waals surface area contributed by atoms with Crippen LogP contribution in [0.1, 0.15) is 21.5 Å². The maximum absolute atomic E-state index is 10.9. The van der Waals surface area contributed by atoms with Crippen LogP contribution < -0.4 is 0 Å². The van der Waals surface area contributed by atoms with E-state index in [9.17, 15) is 4.79 Å². The third-order valence-electron chi connectivity index (χ3n) is 1.23. The number of hydrogen-bond acceptors (Lipinski definition) is 2. The Hall–Kier alpha value is -0.780. The number of hydrogen-bond donors (Lipinski definition) is 0. The van der Waals surface area contributed by atoms with Crippen LogP contribution >= 0.6 is 22.9 Å². The molecule has 0 amide bonds. The highest BCUT2D eigenvalue weighted by atomic mass is 35.5. The van der Waals surface area contributed by atoms with Gasteiger partial charge in [0, 0.05) is 0 Å². The second kappa shape index (κ2) is 4.30. The molecule has 0 aliphatic rings. The maximum atomic E-state index is 10.9. The Bertz CT molecular complexity index is 343. The van der Waals surface area contributed by atoms with Gasteiger partial charge >= 0.3 is 0 Å². The lowest BCUT2D eigenvalue weighted by molar-refractivity contribution is 0.102. The van der Waals surface area contributed by atoms with E-state index in [0.717, 1.165) is 9.75 Å². The molecule has 1 rings (SSSR count). The van der Waals surface area contributed by atoms with Gasteiger partial charge in [0.1, 0.15) is 0 Å². The predicted molar refractivity (Wildman–Crippen MR) is 51.9 cm³/mol. The topological polar surface area (TPSA) is 17.1 Å². The van der Waals surface area contributed by atoms with Crippen molar-refractivity contribution in [2.75, 3.05) is 5.88 Å². The molecule has 0 bridgehead atoms. The van der Waals surface area contributed by atoms with Gasteiger partial charge in [0.15, 0.2) is 5.78 Å². The highest BCUT2D eigenvalue weighted by Crippen LogP contribution is 2.15. The molecule has 12 heavy (non-hydrogen) atoms. The van der Waals surface area contributed by atoms with Gasteiger partial charge in [0.05, 0.1) is 15.6 Å². The van der Waals surface area contributed by atoms with Crippen molar-refractivity contribution in [2.45, 2.75) is 6.92 Å². The largest absolute Gasteiger partial charge is 0.294 e. The number of Topliss-reactive ketones (excluding diaryl/α,β-unsaturated/α-hetero) is 1. The predicted octanol–water partition coefficient (Wildman–Crippen LogP) is 2.54. The number of carbonyl (C=O) groups is 1. The summed E-state index contributed by atoms with van der Waals surface area (Å²) in [5.74, 6) is 5.99. The minimum absolute atomic E-state index is 0.0823. The molecule has 1 nitrogen and oxygen atoms in total. The van der Waals surface area contributed by atoms with E-state index in [1.807, 2.05) is 6.07 Å². The third-order valence-corrected chi connectivity index (χ3v) is 2.47. The van der Waals surface area contributed by atoms with Gasteiger partial charge in [0.25, 0.3) is 0 Å². The summed E-state index contributed by atoms with van der Waals surface area (Å²) in [6, 6.07) is 3.62. The minimum Gasteiger partial charge on any atom is -0.294 e. The van der Waals surface area contributed by atoms with Crippen molar-refractivity contribution >= 4 is 28.7 Å². The first-order valence-electron chi connectivity index (χ1n) is 3.39. The zero-order valence-electron chi connectivity index (χ0n) is 6.56. The van der Waals surface area contributed by atoms with Gasteiger partial charge in [-0.05, 0) is 19.1 Å². The van der Waals surface area contributed by atoms with Gasteiger partial charge in [-0.1, -0.05) is 11.8 Å². The van der Waals surface area contributed by atoms with Crippen LogP contribution in [0.4, 0.5) is 0 Å². The van der Waals surface area contributed by atoms with Crippen molar-refractivity contribution in [1.29, 1.82) is 0 Å². The maximum Gasteiger partial charge on any atom is 0.169 e. The lowest BCUT2D eigenvalue weighted by Crippen LogP contribution is -1.83. The zero-order chi connectivity index (χ0) is 8.97. The van der Waals surface area contributed by atoms with E-state index in [0.29, 0.717) is 5.88 Å². The Labute approximate surface area is 80.4 Å². The molecule has 1 aromatic heterocycles. The smallest absolute Gasteiger partial charge is 0.169 e. The molecule has 0 aliphatic heterocycles. The summed E-state index contributed by atoms with van der Waals surface area (Å²) in [6.07, 6.45) is 0. The molecule has 0 radical (unpaired) electrons. The summed E-state index contributed by atoms with van der Waals surface area (Å²) < 4.78 is 0. The Balaban J connectivity index is 2.84. The van der Waals surface area contributed by atoms with Crippen LogP contribution in [0.2, 0.25) is 0 Å². The second-order valence-electron chi connectivity index (χ2n) is 2.16. The van der Waals surface area contributed by atoms with Crippen molar-refractivity contribution in [3.8, 4) is 11.8 Å². The quantitative estimate of drug-likeness (QED) is 0.385. The first kappa shape index (κ1) is 9.31. The van der Waals surface area contributed by atoms with Crippen LogP contribution in [0.25, 0.3) is 0 Å². The van der Waals surface area contributed by atoms with Crippen LogP contribution in [0.5, 0.6) is 0 Å². The second-order valence-corrected chi connectivity index (χ2v) is 3.51. The van der Waals surface area contributed by atoms with Crippen LogP contribution in [0, 0.1) is 11.8 Å². The molecule has 0 saturated heterocycles. The summed E-state index contributed by atoms with van der Waals surface area (Å²) in [7, 11) is 0. The SMILES string of the molecule is CC(=O)c1ccc(C#CCCl)s1. The molecule has 1 heterocycles. The number of ketones is 1. The highest BCUT2D eigenvalue weighted by molar-refractivity contribution is 7.14. The molecule has 0 aliphatic carbocycles. The molecular formula is C9H7ClOS. The summed E-state index contributed by atoms with van der Waals surface area (Å²) in [4.78, 5) is 12.5. The Morgan fingerprint density at radius 2 is 2.42 bits per heavy atom. The van der Waals surface area contributed by atoms with Gasteiger partial charge in [0.2, 0.25) is 0 Å². The zero-order valence-corrected chi connectivity index (χ0v) is 8.13. The number of halogens is 1. The molecule has 1 aromatic rings. The monoisotopic (exact) mass is 198 g/mol. The summed E-state index contributed by atoms with van der Waals surface area (Å²) in [5.41, 5.74) is 0. The Morgan fingerprint density at radius 1 is 1.67 bits per heavy atom. The van der Waals surface area contributed by atoms with Gasteiger partial charge in [-0.15, -0.1) is 22.9 Å². The molecule has 62 valence electrons. The lowest BCUT2D eigenvalue weighted by Gasteiger charge is -1.81. The summed E-state index contributed by atoms with van der Waals surface area (Å²) >= 11 is 6.78. The van der Waals surface area contributed by atoms with E-state index >= 15 is 0 Å². The number of thiophene rings is 1. The first-order chi connectivity index (χ1) is 5.74. The molecule has 0 saturated carbocycles. The van der Waals surface area contributed by atoms with E-state index < -0.39 is 0 Å². The van der Waals surface area contributed by atoms with Crippen molar-refractivity contribution < 1.29 is 4.79 Å². The third kappa shape index (κ3) is 2.37. The number of carbonyl (C=O) groups excluding carboxylic acids is 1. The number of alkyl halides is 1. The molecular weight excluding hydrogens is 192 g/mol. The average Bonchev–Trinajstić information content (AvgIpc) is 2.48. The minimum atomic E-state index is 0.0823. The van der Waals surface area contributed by atoms with Crippen molar-refractivity contribution in [3.63, 3.8) is 0 Å². The van der Waals surface area contributed by atoms with Crippen LogP contribution in [-0.4, -0.2) is 11.7 Å². The standard InChI is InChI=1S/C9H7ClOS/c1-7(11)9-5-4-8(12-9)3-2-6-10/h4-5H,6H2,1H3. The molecule has 0 spiro atoms. The molecule has 3 heteroatoms. The van der Waals surface area contributed by atoms with Crippen LogP contribution in [0.15, 0.2) is 12.1 Å². The van der Waals surface area contributed by atoms with E-state index in [2.05, 4.69) is 11.8 Å². The van der Waals surface area contributed by atoms with Crippen LogP contribution in [-0.2, 0) is 0 Å². The Morgan fingerprint density at radius 3 is 2.92 bits per heavy atom. The highest BCUT2D eigenvalue weighted by Gasteiger charge is 2.01. The van der Waals surface area contributed by atoms with Crippen molar-refractivity contribution in [2.24, 2.45) is 0 Å². The molecule has 0 N–H and O–H groups in total. The van der Waals surface area contributed by atoms with Crippen molar-refractivity contribution in [3.05, 3.63) is 21.9 Å². The fourth-order valence-corrected chi connectivity index (χ4v) is 1.56. The molecule has 0 atom stereocenters. The Kier molecular flexibility index (Phi) is 3.33. The molecule has 0 aromatic carbocycles. The van der Waals surface area contributed by atoms with E-state index in [1.165, 1.54) is 11.3 Å². The van der Waals surface area contributed by atoms with Gasteiger partial charge in [-0.3, -0.25) is 4.79 Å². The fraction of sp³-hybridized carbons (Fsp3) is 0.222. The number of rotatable bonds is 1. The van der Waals surface area contributed by atoms with E-state index in [-0.39, 0.29) is 5.78 Å². The van der Waals surface area contributed by atoms with E-state index in [1.54, 1.807) is 13.0 Å². The lowest BCUT2D eigenvalue weighted by atomic mass is 10.3. The van der Waals surface area contributed by atoms with E-state index in [4.69, 9.17) is 11.6 Å². The van der Waals surface area contributed by atoms with Gasteiger partial charge in [-0.25, -0.2) is 0 Å².